The molecule has 1 nitrogen and oxygen atoms in total. The summed E-state index contributed by atoms with van der Waals surface area (Å²) in [4.78, 5) is 0. The molecule has 100 valence electrons. The number of thioether (sulfide) groups is 1. The molecular weight excluding hydrogens is 330 g/mol. The lowest BCUT2D eigenvalue weighted by Gasteiger charge is -2.36. The van der Waals surface area contributed by atoms with Crippen molar-refractivity contribution in [2.24, 2.45) is 5.92 Å². The van der Waals surface area contributed by atoms with Gasteiger partial charge in [-0.2, -0.15) is 11.8 Å². The standard InChI is InChI=1S/C14H19BrClNS/c1-4-17-13-10-5-9(15)6-12(16)11(10)7-18-14(13)8(2)3/h5-6,8,13-14,17H,4,7H2,1-3H3. The minimum absolute atomic E-state index is 0.402. The molecular formula is C14H19BrClNS. The van der Waals surface area contributed by atoms with Gasteiger partial charge >= 0.3 is 0 Å². The number of hydrogen-bond donors (Lipinski definition) is 1. The van der Waals surface area contributed by atoms with Crippen molar-refractivity contribution in [1.82, 2.24) is 5.32 Å². The van der Waals surface area contributed by atoms with Gasteiger partial charge in [0.05, 0.1) is 0 Å². The van der Waals surface area contributed by atoms with Gasteiger partial charge < -0.3 is 5.32 Å². The van der Waals surface area contributed by atoms with E-state index in [-0.39, 0.29) is 0 Å². The van der Waals surface area contributed by atoms with Gasteiger partial charge in [0.2, 0.25) is 0 Å². The van der Waals surface area contributed by atoms with Crippen LogP contribution in [0.3, 0.4) is 0 Å². The summed E-state index contributed by atoms with van der Waals surface area (Å²) in [6, 6.07) is 4.63. The van der Waals surface area contributed by atoms with Gasteiger partial charge in [0.1, 0.15) is 0 Å². The second-order valence-electron chi connectivity index (χ2n) is 5.01. The van der Waals surface area contributed by atoms with Gasteiger partial charge in [0.25, 0.3) is 0 Å². The molecule has 1 aromatic carbocycles. The largest absolute Gasteiger partial charge is 0.309 e. The van der Waals surface area contributed by atoms with Crippen LogP contribution in [-0.2, 0) is 5.75 Å². The second kappa shape index (κ2) is 6.17. The zero-order valence-electron chi connectivity index (χ0n) is 11.0. The van der Waals surface area contributed by atoms with Gasteiger partial charge in [0, 0.05) is 26.5 Å². The molecule has 0 spiro atoms. The van der Waals surface area contributed by atoms with E-state index in [2.05, 4.69) is 48.1 Å². The Morgan fingerprint density at radius 3 is 2.83 bits per heavy atom. The molecule has 0 amide bonds. The van der Waals surface area contributed by atoms with Gasteiger partial charge in [-0.15, -0.1) is 0 Å². The fraction of sp³-hybridized carbons (Fsp3) is 0.571. The van der Waals surface area contributed by atoms with E-state index in [1.807, 2.05) is 17.8 Å². The lowest BCUT2D eigenvalue weighted by atomic mass is 9.92. The van der Waals surface area contributed by atoms with Crippen molar-refractivity contribution in [2.45, 2.75) is 37.8 Å². The van der Waals surface area contributed by atoms with Gasteiger partial charge in [-0.1, -0.05) is 48.3 Å². The summed E-state index contributed by atoms with van der Waals surface area (Å²) in [6.07, 6.45) is 0. The SMILES string of the molecule is CCNC1c2cc(Br)cc(Cl)c2CSC1C(C)C. The van der Waals surface area contributed by atoms with Crippen molar-refractivity contribution in [2.75, 3.05) is 6.54 Å². The summed E-state index contributed by atoms with van der Waals surface area (Å²) >= 11 is 11.9. The Labute approximate surface area is 127 Å². The number of hydrogen-bond acceptors (Lipinski definition) is 2. The van der Waals surface area contributed by atoms with Gasteiger partial charge in [-0.3, -0.25) is 0 Å². The minimum Gasteiger partial charge on any atom is -0.309 e. The van der Waals surface area contributed by atoms with Crippen LogP contribution in [0.25, 0.3) is 0 Å². The number of halogens is 2. The highest BCUT2D eigenvalue weighted by molar-refractivity contribution is 9.10. The Hall–Kier alpha value is 0.300. The molecule has 1 N–H and O–H groups in total. The maximum absolute atomic E-state index is 6.37. The lowest BCUT2D eigenvalue weighted by Crippen LogP contribution is -2.36. The maximum atomic E-state index is 6.37. The smallest absolute Gasteiger partial charge is 0.0460 e. The normalized spacial score (nSPS) is 23.2. The van der Waals surface area contributed by atoms with E-state index in [0.29, 0.717) is 17.2 Å². The van der Waals surface area contributed by atoms with Crippen LogP contribution < -0.4 is 5.32 Å². The lowest BCUT2D eigenvalue weighted by molar-refractivity contribution is 0.447. The summed E-state index contributed by atoms with van der Waals surface area (Å²) < 4.78 is 1.07. The van der Waals surface area contributed by atoms with Crippen molar-refractivity contribution < 1.29 is 0 Å². The third-order valence-corrected chi connectivity index (χ3v) is 5.81. The van der Waals surface area contributed by atoms with Crippen LogP contribution in [0.5, 0.6) is 0 Å². The topological polar surface area (TPSA) is 12.0 Å². The minimum atomic E-state index is 0.402. The zero-order valence-corrected chi connectivity index (χ0v) is 14.1. The zero-order chi connectivity index (χ0) is 13.3. The van der Waals surface area contributed by atoms with E-state index in [4.69, 9.17) is 11.6 Å². The van der Waals surface area contributed by atoms with Crippen molar-refractivity contribution in [3.8, 4) is 0 Å². The highest BCUT2D eigenvalue weighted by atomic mass is 79.9. The summed E-state index contributed by atoms with van der Waals surface area (Å²) in [7, 11) is 0. The predicted octanol–water partition coefficient (Wildman–Crippen LogP) is 5.02. The molecule has 2 unspecified atom stereocenters. The van der Waals surface area contributed by atoms with Crippen LogP contribution in [0.1, 0.15) is 37.9 Å². The van der Waals surface area contributed by atoms with Gasteiger partial charge in [-0.05, 0) is 35.7 Å². The second-order valence-corrected chi connectivity index (χ2v) is 7.50. The Bertz CT molecular complexity index is 436. The number of benzene rings is 1. The van der Waals surface area contributed by atoms with Crippen molar-refractivity contribution in [3.05, 3.63) is 32.8 Å². The Kier molecular flexibility index (Phi) is 5.04. The van der Waals surface area contributed by atoms with E-state index < -0.39 is 0 Å². The summed E-state index contributed by atoms with van der Waals surface area (Å²) in [5.74, 6) is 1.68. The molecule has 0 saturated heterocycles. The van der Waals surface area contributed by atoms with E-state index >= 15 is 0 Å². The summed E-state index contributed by atoms with van der Waals surface area (Å²) in [6.45, 7) is 7.74. The van der Waals surface area contributed by atoms with E-state index in [1.165, 1.54) is 11.1 Å². The summed E-state index contributed by atoms with van der Waals surface area (Å²) in [5.41, 5.74) is 2.67. The van der Waals surface area contributed by atoms with Crippen molar-refractivity contribution in [3.63, 3.8) is 0 Å². The Morgan fingerprint density at radius 2 is 2.22 bits per heavy atom. The first-order valence-electron chi connectivity index (χ1n) is 6.37. The molecule has 2 atom stereocenters. The third-order valence-electron chi connectivity index (χ3n) is 3.36. The molecule has 0 bridgehead atoms. The van der Waals surface area contributed by atoms with Crippen LogP contribution in [0.15, 0.2) is 16.6 Å². The highest BCUT2D eigenvalue weighted by Crippen LogP contribution is 2.44. The molecule has 2 rings (SSSR count). The van der Waals surface area contributed by atoms with Crippen molar-refractivity contribution >= 4 is 39.3 Å². The molecule has 1 heterocycles. The van der Waals surface area contributed by atoms with Crippen LogP contribution in [0.2, 0.25) is 5.02 Å². The van der Waals surface area contributed by atoms with E-state index in [0.717, 1.165) is 21.8 Å². The fourth-order valence-corrected chi connectivity index (χ4v) is 5.01. The van der Waals surface area contributed by atoms with Crippen molar-refractivity contribution in [1.29, 1.82) is 0 Å². The Morgan fingerprint density at radius 1 is 1.50 bits per heavy atom. The van der Waals surface area contributed by atoms with Gasteiger partial charge in [-0.25, -0.2) is 0 Å². The average molecular weight is 349 g/mol. The molecule has 0 radical (unpaired) electrons. The quantitative estimate of drug-likeness (QED) is 0.822. The number of fused-ring (bicyclic) bond motifs is 1. The monoisotopic (exact) mass is 347 g/mol. The molecule has 0 saturated carbocycles. The predicted molar refractivity (Wildman–Crippen MR) is 85.5 cm³/mol. The van der Waals surface area contributed by atoms with Gasteiger partial charge in [0.15, 0.2) is 0 Å². The third kappa shape index (κ3) is 2.90. The number of rotatable bonds is 3. The molecule has 1 aromatic rings. The number of nitrogens with one attached hydrogen (secondary N) is 1. The van der Waals surface area contributed by atoms with E-state index in [9.17, 15) is 0 Å². The van der Waals surface area contributed by atoms with Crippen LogP contribution >= 0.6 is 39.3 Å². The van der Waals surface area contributed by atoms with E-state index in [1.54, 1.807) is 0 Å². The molecule has 0 aliphatic carbocycles. The average Bonchev–Trinajstić information content (AvgIpc) is 2.29. The fourth-order valence-electron chi connectivity index (χ4n) is 2.53. The maximum Gasteiger partial charge on any atom is 0.0460 e. The molecule has 4 heteroatoms. The Balaban J connectivity index is 2.45. The molecule has 0 fully saturated rings. The van der Waals surface area contributed by atoms with Crippen LogP contribution in [0, 0.1) is 5.92 Å². The molecule has 18 heavy (non-hydrogen) atoms. The molecule has 1 aliphatic heterocycles. The first-order valence-corrected chi connectivity index (χ1v) is 8.59. The highest BCUT2D eigenvalue weighted by Gasteiger charge is 2.32. The first-order chi connectivity index (χ1) is 8.54. The molecule has 1 aliphatic rings. The van der Waals surface area contributed by atoms with Crippen LogP contribution in [0.4, 0.5) is 0 Å². The molecule has 0 aromatic heterocycles. The van der Waals surface area contributed by atoms with Crippen LogP contribution in [-0.4, -0.2) is 11.8 Å². The first kappa shape index (κ1) is 14.7. The summed E-state index contributed by atoms with van der Waals surface area (Å²) in [5, 5.41) is 5.13.